The Morgan fingerprint density at radius 2 is 2.47 bits per heavy atom. The maximum Gasteiger partial charge on any atom is 0.188 e. The normalized spacial score (nSPS) is 15.6. The van der Waals surface area contributed by atoms with Crippen molar-refractivity contribution in [3.8, 4) is 0 Å². The van der Waals surface area contributed by atoms with Crippen molar-refractivity contribution < 1.29 is 9.84 Å². The zero-order valence-corrected chi connectivity index (χ0v) is 11.0. The van der Waals surface area contributed by atoms with E-state index in [1.54, 1.807) is 25.4 Å². The molecule has 1 atom stereocenters. The molecule has 0 saturated heterocycles. The van der Waals surface area contributed by atoms with E-state index < -0.39 is 5.60 Å². The zero-order valence-electron chi connectivity index (χ0n) is 10.1. The van der Waals surface area contributed by atoms with Gasteiger partial charge in [-0.15, -0.1) is 0 Å². The number of rotatable bonds is 6. The minimum Gasteiger partial charge on any atom is -0.383 e. The minimum absolute atomic E-state index is 0.232. The summed E-state index contributed by atoms with van der Waals surface area (Å²) in [5.41, 5.74) is 5.53. The Morgan fingerprint density at radius 3 is 3.06 bits per heavy atom. The van der Waals surface area contributed by atoms with Gasteiger partial charge in [0.25, 0.3) is 0 Å². The third kappa shape index (κ3) is 4.72. The number of nitrogens with zero attached hydrogens (tertiary/aromatic N) is 1. The highest BCUT2D eigenvalue weighted by molar-refractivity contribution is 7.08. The number of guanidine groups is 1. The SMILES string of the molecule is COCCNC(N)=NCC(C)(O)c1ccsc1. The van der Waals surface area contributed by atoms with Crippen LogP contribution in [0.15, 0.2) is 21.8 Å². The highest BCUT2D eigenvalue weighted by Crippen LogP contribution is 2.22. The largest absolute Gasteiger partial charge is 0.383 e. The van der Waals surface area contributed by atoms with Crippen molar-refractivity contribution in [2.75, 3.05) is 26.8 Å². The molecule has 0 aromatic carbocycles. The summed E-state index contributed by atoms with van der Waals surface area (Å²) >= 11 is 1.55. The second-order valence-electron chi connectivity index (χ2n) is 3.91. The quantitative estimate of drug-likeness (QED) is 0.394. The van der Waals surface area contributed by atoms with Crippen LogP contribution in [0.1, 0.15) is 12.5 Å². The molecule has 0 spiro atoms. The van der Waals surface area contributed by atoms with Crippen LogP contribution in [0.25, 0.3) is 0 Å². The average Bonchev–Trinajstić information content (AvgIpc) is 2.81. The number of aliphatic hydroxyl groups is 1. The lowest BCUT2D eigenvalue weighted by Gasteiger charge is -2.20. The monoisotopic (exact) mass is 257 g/mol. The molecule has 0 amide bonds. The lowest BCUT2D eigenvalue weighted by atomic mass is 10.00. The van der Waals surface area contributed by atoms with Gasteiger partial charge >= 0.3 is 0 Å². The van der Waals surface area contributed by atoms with Crippen LogP contribution in [0.4, 0.5) is 0 Å². The van der Waals surface area contributed by atoms with Crippen LogP contribution < -0.4 is 11.1 Å². The molecule has 1 heterocycles. The van der Waals surface area contributed by atoms with E-state index in [-0.39, 0.29) is 6.54 Å². The van der Waals surface area contributed by atoms with E-state index in [9.17, 15) is 5.11 Å². The Labute approximate surface area is 105 Å². The summed E-state index contributed by atoms with van der Waals surface area (Å²) in [6, 6.07) is 1.88. The molecule has 0 aliphatic rings. The number of ether oxygens (including phenoxy) is 1. The van der Waals surface area contributed by atoms with E-state index in [4.69, 9.17) is 10.5 Å². The first-order chi connectivity index (χ1) is 8.06. The Bertz CT molecular complexity index is 350. The minimum atomic E-state index is -0.979. The van der Waals surface area contributed by atoms with Crippen molar-refractivity contribution in [2.24, 2.45) is 10.7 Å². The van der Waals surface area contributed by atoms with Gasteiger partial charge in [-0.3, -0.25) is 4.99 Å². The first-order valence-electron chi connectivity index (χ1n) is 5.34. The summed E-state index contributed by atoms with van der Waals surface area (Å²) in [5, 5.41) is 16.9. The highest BCUT2D eigenvalue weighted by Gasteiger charge is 2.22. The van der Waals surface area contributed by atoms with Gasteiger partial charge in [0.2, 0.25) is 0 Å². The van der Waals surface area contributed by atoms with Crippen LogP contribution in [0.3, 0.4) is 0 Å². The van der Waals surface area contributed by atoms with Crippen molar-refractivity contribution in [2.45, 2.75) is 12.5 Å². The molecule has 1 rings (SSSR count). The Morgan fingerprint density at radius 1 is 1.71 bits per heavy atom. The van der Waals surface area contributed by atoms with Crippen molar-refractivity contribution in [1.82, 2.24) is 5.32 Å². The van der Waals surface area contributed by atoms with E-state index in [1.807, 2.05) is 16.8 Å². The summed E-state index contributed by atoms with van der Waals surface area (Å²) in [7, 11) is 1.62. The van der Waals surface area contributed by atoms with Gasteiger partial charge in [-0.2, -0.15) is 11.3 Å². The first kappa shape index (κ1) is 14.0. The molecule has 17 heavy (non-hydrogen) atoms. The Balaban J connectivity index is 2.45. The molecule has 6 heteroatoms. The summed E-state index contributed by atoms with van der Waals surface area (Å²) < 4.78 is 4.88. The van der Waals surface area contributed by atoms with Gasteiger partial charge in [-0.25, -0.2) is 0 Å². The lowest BCUT2D eigenvalue weighted by molar-refractivity contribution is 0.0677. The number of methoxy groups -OCH3 is 1. The van der Waals surface area contributed by atoms with Gasteiger partial charge in [-0.05, 0) is 29.3 Å². The molecular weight excluding hydrogens is 238 g/mol. The second-order valence-corrected chi connectivity index (χ2v) is 4.69. The summed E-state index contributed by atoms with van der Waals surface area (Å²) in [6.07, 6.45) is 0. The molecule has 96 valence electrons. The van der Waals surface area contributed by atoms with Crippen LogP contribution >= 0.6 is 11.3 Å². The van der Waals surface area contributed by atoms with Gasteiger partial charge in [-0.1, -0.05) is 0 Å². The summed E-state index contributed by atoms with van der Waals surface area (Å²) in [4.78, 5) is 4.11. The molecule has 1 unspecified atom stereocenters. The van der Waals surface area contributed by atoms with E-state index in [2.05, 4.69) is 10.3 Å². The molecule has 0 aliphatic heterocycles. The van der Waals surface area contributed by atoms with E-state index in [1.165, 1.54) is 0 Å². The predicted octanol–water partition coefficient (Wildman–Crippen LogP) is 0.506. The highest BCUT2D eigenvalue weighted by atomic mass is 32.1. The molecule has 1 aromatic heterocycles. The zero-order chi connectivity index (χ0) is 12.7. The fraction of sp³-hybridized carbons (Fsp3) is 0.545. The van der Waals surface area contributed by atoms with E-state index in [0.29, 0.717) is 19.1 Å². The maximum atomic E-state index is 10.2. The molecule has 0 fully saturated rings. The number of thiophene rings is 1. The fourth-order valence-corrected chi connectivity index (χ4v) is 2.02. The fourth-order valence-electron chi connectivity index (χ4n) is 1.24. The molecule has 0 saturated carbocycles. The first-order valence-corrected chi connectivity index (χ1v) is 6.28. The van der Waals surface area contributed by atoms with Crippen molar-refractivity contribution in [3.63, 3.8) is 0 Å². The van der Waals surface area contributed by atoms with Crippen LogP contribution in [-0.4, -0.2) is 37.9 Å². The smallest absolute Gasteiger partial charge is 0.188 e. The third-order valence-corrected chi connectivity index (χ3v) is 3.00. The molecule has 0 radical (unpaired) electrons. The van der Waals surface area contributed by atoms with Gasteiger partial charge in [0, 0.05) is 13.7 Å². The molecule has 0 bridgehead atoms. The summed E-state index contributed by atoms with van der Waals surface area (Å²) in [6.45, 7) is 3.13. The van der Waals surface area contributed by atoms with Gasteiger partial charge in [0.15, 0.2) is 5.96 Å². The third-order valence-electron chi connectivity index (χ3n) is 2.31. The molecule has 4 N–H and O–H groups in total. The molecule has 1 aromatic rings. The number of nitrogens with two attached hydrogens (primary N) is 1. The predicted molar refractivity (Wildman–Crippen MR) is 70.3 cm³/mol. The van der Waals surface area contributed by atoms with E-state index >= 15 is 0 Å². The van der Waals surface area contributed by atoms with Crippen LogP contribution in [0, 0.1) is 0 Å². The number of hydrogen-bond acceptors (Lipinski definition) is 4. The van der Waals surface area contributed by atoms with Gasteiger partial charge in [0.1, 0.15) is 5.60 Å². The van der Waals surface area contributed by atoms with Gasteiger partial charge < -0.3 is 20.9 Å². The van der Waals surface area contributed by atoms with Crippen LogP contribution in [-0.2, 0) is 10.3 Å². The standard InChI is InChI=1S/C11H19N3O2S/c1-11(15,9-3-6-17-7-9)8-14-10(12)13-4-5-16-2/h3,6-7,15H,4-5,8H2,1-2H3,(H3,12,13,14). The van der Waals surface area contributed by atoms with E-state index in [0.717, 1.165) is 5.56 Å². The Kier molecular flexibility index (Phi) is 5.40. The second kappa shape index (κ2) is 6.58. The van der Waals surface area contributed by atoms with Crippen molar-refractivity contribution in [1.29, 1.82) is 0 Å². The average molecular weight is 257 g/mol. The van der Waals surface area contributed by atoms with Crippen molar-refractivity contribution in [3.05, 3.63) is 22.4 Å². The maximum absolute atomic E-state index is 10.2. The molecule has 0 aliphatic carbocycles. The van der Waals surface area contributed by atoms with Crippen molar-refractivity contribution >= 4 is 17.3 Å². The number of nitrogens with one attached hydrogen (secondary N) is 1. The van der Waals surface area contributed by atoms with Crippen LogP contribution in [0.2, 0.25) is 0 Å². The number of hydrogen-bond donors (Lipinski definition) is 3. The van der Waals surface area contributed by atoms with Crippen LogP contribution in [0.5, 0.6) is 0 Å². The number of aliphatic imine (C=N–C) groups is 1. The molecule has 5 nitrogen and oxygen atoms in total. The topological polar surface area (TPSA) is 79.9 Å². The lowest BCUT2D eigenvalue weighted by Crippen LogP contribution is -2.36. The van der Waals surface area contributed by atoms with Gasteiger partial charge in [0.05, 0.1) is 13.2 Å². The summed E-state index contributed by atoms with van der Waals surface area (Å²) in [5.74, 6) is 0.317. The molecular formula is C11H19N3O2S. The Hall–Kier alpha value is -1.11.